The topological polar surface area (TPSA) is 47.9 Å². The molecule has 0 heterocycles. The Hall–Kier alpha value is -1.62. The summed E-state index contributed by atoms with van der Waals surface area (Å²) in [5, 5.41) is 3.79. The van der Waals surface area contributed by atoms with E-state index in [9.17, 15) is 9.18 Å². The lowest BCUT2D eigenvalue weighted by atomic mass is 10.2. The minimum absolute atomic E-state index is 0.220. The van der Waals surface area contributed by atoms with Crippen LogP contribution >= 0.6 is 11.6 Å². The molecule has 0 unspecified atom stereocenters. The summed E-state index contributed by atoms with van der Waals surface area (Å²) in [5.74, 6) is -0.904. The van der Waals surface area contributed by atoms with E-state index in [0.29, 0.717) is 12.2 Å². The van der Waals surface area contributed by atoms with Gasteiger partial charge in [0.2, 0.25) is 6.61 Å². The highest BCUT2D eigenvalue weighted by Gasteiger charge is 2.02. The number of hydrogen-bond acceptors (Lipinski definition) is 4. The van der Waals surface area contributed by atoms with E-state index in [1.807, 2.05) is 6.92 Å². The first-order valence-corrected chi connectivity index (χ1v) is 6.27. The Morgan fingerprint density at radius 2 is 2.32 bits per heavy atom. The molecular weight excluding hydrogens is 273 g/mol. The van der Waals surface area contributed by atoms with E-state index >= 15 is 0 Å². The number of unbranched alkanes of at least 4 members (excludes halogenated alkanes) is 1. The van der Waals surface area contributed by atoms with Crippen LogP contribution in [-0.2, 0) is 14.4 Å². The highest BCUT2D eigenvalue weighted by atomic mass is 35.5. The van der Waals surface area contributed by atoms with Crippen LogP contribution < -0.4 is 0 Å². The van der Waals surface area contributed by atoms with Crippen molar-refractivity contribution < 1.29 is 18.8 Å². The number of oxime groups is 1. The van der Waals surface area contributed by atoms with Crippen molar-refractivity contribution in [3.8, 4) is 0 Å². The van der Waals surface area contributed by atoms with Gasteiger partial charge in [-0.1, -0.05) is 30.1 Å². The second kappa shape index (κ2) is 8.48. The maximum atomic E-state index is 12.8. The zero-order valence-corrected chi connectivity index (χ0v) is 11.3. The van der Waals surface area contributed by atoms with Gasteiger partial charge in [-0.15, -0.1) is 0 Å². The molecule has 6 heteroatoms. The Bertz CT molecular complexity index is 452. The van der Waals surface area contributed by atoms with E-state index in [2.05, 4.69) is 5.16 Å². The third-order valence-corrected chi connectivity index (χ3v) is 2.50. The van der Waals surface area contributed by atoms with Crippen LogP contribution in [0.4, 0.5) is 4.39 Å². The molecule has 4 nitrogen and oxygen atoms in total. The molecule has 0 aliphatic carbocycles. The van der Waals surface area contributed by atoms with Crippen LogP contribution in [0.5, 0.6) is 0 Å². The summed E-state index contributed by atoms with van der Waals surface area (Å²) in [7, 11) is 0. The smallest absolute Gasteiger partial charge is 0.347 e. The number of carbonyl (C=O) groups excluding carboxylic acids is 1. The predicted molar refractivity (Wildman–Crippen MR) is 70.8 cm³/mol. The molecule has 1 aromatic carbocycles. The molecule has 0 spiro atoms. The van der Waals surface area contributed by atoms with E-state index in [-0.39, 0.29) is 11.6 Å². The number of carbonyl (C=O) groups is 1. The molecule has 0 fully saturated rings. The molecule has 19 heavy (non-hydrogen) atoms. The molecule has 0 saturated heterocycles. The molecule has 0 N–H and O–H groups in total. The van der Waals surface area contributed by atoms with E-state index in [4.69, 9.17) is 21.2 Å². The fourth-order valence-electron chi connectivity index (χ4n) is 1.16. The van der Waals surface area contributed by atoms with Crippen molar-refractivity contribution in [2.45, 2.75) is 19.8 Å². The third-order valence-electron chi connectivity index (χ3n) is 2.17. The second-order valence-corrected chi connectivity index (χ2v) is 4.16. The maximum absolute atomic E-state index is 12.8. The molecule has 0 saturated carbocycles. The minimum Gasteiger partial charge on any atom is -0.463 e. The Morgan fingerprint density at radius 1 is 1.53 bits per heavy atom. The lowest BCUT2D eigenvalue weighted by molar-refractivity contribution is -0.149. The minimum atomic E-state index is -0.476. The molecule has 0 aliphatic heterocycles. The second-order valence-electron chi connectivity index (χ2n) is 3.75. The van der Waals surface area contributed by atoms with Gasteiger partial charge in [-0.05, 0) is 24.6 Å². The first-order chi connectivity index (χ1) is 9.13. The van der Waals surface area contributed by atoms with Crippen molar-refractivity contribution in [1.29, 1.82) is 0 Å². The zero-order valence-electron chi connectivity index (χ0n) is 10.6. The molecule has 0 atom stereocenters. The summed E-state index contributed by atoms with van der Waals surface area (Å²) < 4.78 is 17.6. The van der Waals surface area contributed by atoms with Gasteiger partial charge in [-0.25, -0.2) is 9.18 Å². The van der Waals surface area contributed by atoms with Crippen molar-refractivity contribution >= 4 is 23.8 Å². The Balaban J connectivity index is 2.32. The first-order valence-electron chi connectivity index (χ1n) is 5.89. The van der Waals surface area contributed by atoms with Crippen LogP contribution in [0.25, 0.3) is 0 Å². The van der Waals surface area contributed by atoms with Gasteiger partial charge in [0, 0.05) is 5.56 Å². The largest absolute Gasteiger partial charge is 0.463 e. The molecule has 0 bridgehead atoms. The lowest BCUT2D eigenvalue weighted by Gasteiger charge is -2.02. The van der Waals surface area contributed by atoms with Crippen LogP contribution in [0.1, 0.15) is 25.3 Å². The van der Waals surface area contributed by atoms with Gasteiger partial charge >= 0.3 is 5.97 Å². The fraction of sp³-hybridized carbons (Fsp3) is 0.385. The summed E-state index contributed by atoms with van der Waals surface area (Å²) in [6, 6.07) is 3.89. The maximum Gasteiger partial charge on any atom is 0.347 e. The average Bonchev–Trinajstić information content (AvgIpc) is 2.37. The quantitative estimate of drug-likeness (QED) is 0.335. The number of benzene rings is 1. The average molecular weight is 288 g/mol. The van der Waals surface area contributed by atoms with Gasteiger partial charge in [0.25, 0.3) is 0 Å². The van der Waals surface area contributed by atoms with E-state index in [1.165, 1.54) is 24.4 Å². The van der Waals surface area contributed by atoms with Gasteiger partial charge < -0.3 is 9.57 Å². The summed E-state index contributed by atoms with van der Waals surface area (Å²) in [6.07, 6.45) is 3.08. The van der Waals surface area contributed by atoms with Crippen molar-refractivity contribution in [3.05, 3.63) is 34.6 Å². The van der Waals surface area contributed by atoms with E-state index in [1.54, 1.807) is 0 Å². The van der Waals surface area contributed by atoms with Gasteiger partial charge in [0.1, 0.15) is 5.82 Å². The molecule has 0 radical (unpaired) electrons. The van der Waals surface area contributed by atoms with Crippen molar-refractivity contribution in [2.75, 3.05) is 13.2 Å². The summed E-state index contributed by atoms with van der Waals surface area (Å²) in [4.78, 5) is 15.9. The van der Waals surface area contributed by atoms with E-state index in [0.717, 1.165) is 12.8 Å². The molecule has 0 amide bonds. The molecular formula is C13H15ClFNO3. The number of hydrogen-bond donors (Lipinski definition) is 0. The number of ether oxygens (including phenoxy) is 1. The van der Waals surface area contributed by atoms with Crippen LogP contribution in [0.15, 0.2) is 23.4 Å². The number of halogens is 2. The van der Waals surface area contributed by atoms with Gasteiger partial charge in [0.05, 0.1) is 17.8 Å². The predicted octanol–water partition coefficient (Wildman–Crippen LogP) is 3.17. The van der Waals surface area contributed by atoms with Crippen molar-refractivity contribution in [1.82, 2.24) is 0 Å². The molecule has 0 aromatic heterocycles. The third kappa shape index (κ3) is 6.20. The van der Waals surface area contributed by atoms with Gasteiger partial charge in [-0.2, -0.15) is 0 Å². The number of esters is 1. The monoisotopic (exact) mass is 287 g/mol. The first kappa shape index (κ1) is 15.4. The lowest BCUT2D eigenvalue weighted by Crippen LogP contribution is -2.11. The normalized spacial score (nSPS) is 10.7. The Labute approximate surface area is 116 Å². The Kier molecular flexibility index (Phi) is 6.89. The summed E-state index contributed by atoms with van der Waals surface area (Å²) in [5.41, 5.74) is 0.502. The van der Waals surface area contributed by atoms with Gasteiger partial charge in [0.15, 0.2) is 0 Å². The molecule has 1 aromatic rings. The molecule has 104 valence electrons. The summed E-state index contributed by atoms with van der Waals surface area (Å²) in [6.45, 7) is 2.12. The molecule has 0 aliphatic rings. The van der Waals surface area contributed by atoms with Crippen LogP contribution in [0.2, 0.25) is 5.02 Å². The molecule has 1 rings (SSSR count). The van der Waals surface area contributed by atoms with Crippen LogP contribution in [0.3, 0.4) is 0 Å². The zero-order chi connectivity index (χ0) is 14.1. The SMILES string of the molecule is CCCCOC(=O)CON=Cc1ccc(F)cc1Cl. The van der Waals surface area contributed by atoms with E-state index < -0.39 is 11.8 Å². The Morgan fingerprint density at radius 3 is 3.00 bits per heavy atom. The van der Waals surface area contributed by atoms with Gasteiger partial charge in [-0.3, -0.25) is 0 Å². The van der Waals surface area contributed by atoms with Crippen molar-refractivity contribution in [3.63, 3.8) is 0 Å². The highest BCUT2D eigenvalue weighted by molar-refractivity contribution is 6.33. The van der Waals surface area contributed by atoms with Crippen LogP contribution in [-0.4, -0.2) is 25.4 Å². The number of nitrogens with zero attached hydrogens (tertiary/aromatic N) is 1. The standard InChI is InChI=1S/C13H15ClFNO3/c1-2-3-6-18-13(17)9-19-16-8-10-4-5-11(15)7-12(10)14/h4-5,7-8H,2-3,6,9H2,1H3. The fourth-order valence-corrected chi connectivity index (χ4v) is 1.38. The highest BCUT2D eigenvalue weighted by Crippen LogP contribution is 2.15. The number of rotatable bonds is 7. The summed E-state index contributed by atoms with van der Waals surface area (Å²) >= 11 is 5.78. The van der Waals surface area contributed by atoms with Crippen molar-refractivity contribution in [2.24, 2.45) is 5.16 Å². The van der Waals surface area contributed by atoms with Crippen LogP contribution in [0, 0.1) is 5.82 Å².